The molecule has 1 aliphatic heterocycles. The molecule has 1 aromatic carbocycles. The second-order valence-corrected chi connectivity index (χ2v) is 8.36. The van der Waals surface area contributed by atoms with Gasteiger partial charge in [0.15, 0.2) is 5.76 Å². The van der Waals surface area contributed by atoms with Crippen molar-refractivity contribution in [2.45, 2.75) is 25.8 Å². The molecule has 2 aromatic heterocycles. The first-order valence-electron chi connectivity index (χ1n) is 9.79. The Labute approximate surface area is 169 Å². The van der Waals surface area contributed by atoms with E-state index in [1.54, 1.807) is 11.3 Å². The molecule has 4 rings (SSSR count). The number of benzene rings is 1. The number of carbonyl (C=O) groups excluding carboxylic acids is 1. The Kier molecular flexibility index (Phi) is 6.19. The van der Waals surface area contributed by atoms with Gasteiger partial charge in [-0.1, -0.05) is 41.6 Å². The molecule has 3 heterocycles. The van der Waals surface area contributed by atoms with Gasteiger partial charge in [-0.25, -0.2) is 0 Å². The third-order valence-corrected chi connectivity index (χ3v) is 6.22. The van der Waals surface area contributed by atoms with Crippen LogP contribution in [0.2, 0.25) is 0 Å². The van der Waals surface area contributed by atoms with Crippen LogP contribution in [0.4, 0.5) is 0 Å². The number of nitrogens with zero attached hydrogens (tertiary/aromatic N) is 1. The third kappa shape index (κ3) is 4.88. The predicted octanol–water partition coefficient (Wildman–Crippen LogP) is 3.88. The van der Waals surface area contributed by atoms with Gasteiger partial charge in [-0.05, 0) is 49.2 Å². The lowest BCUT2D eigenvalue weighted by atomic mass is 9.81. The summed E-state index contributed by atoms with van der Waals surface area (Å²) < 4.78 is 5.54. The molecule has 1 fully saturated rings. The molecule has 0 bridgehead atoms. The highest BCUT2D eigenvalue weighted by Crippen LogP contribution is 2.28. The van der Waals surface area contributed by atoms with Gasteiger partial charge < -0.3 is 15.2 Å². The lowest BCUT2D eigenvalue weighted by Gasteiger charge is -2.31. The quantitative estimate of drug-likeness (QED) is 0.637. The number of hydrogen-bond donors (Lipinski definition) is 2. The smallest absolute Gasteiger partial charge is 0.220 e. The van der Waals surface area contributed by atoms with E-state index in [0.29, 0.717) is 24.8 Å². The van der Waals surface area contributed by atoms with E-state index in [1.165, 1.54) is 4.88 Å². The van der Waals surface area contributed by atoms with Crippen molar-refractivity contribution in [3.8, 4) is 11.3 Å². The average molecular weight is 396 g/mol. The number of nitrogens with one attached hydrogen (secondary N) is 2. The van der Waals surface area contributed by atoms with Crippen molar-refractivity contribution in [2.24, 2.45) is 11.8 Å². The minimum absolute atomic E-state index is 0.135. The molecule has 0 saturated carbocycles. The van der Waals surface area contributed by atoms with Crippen molar-refractivity contribution in [1.29, 1.82) is 0 Å². The summed E-state index contributed by atoms with van der Waals surface area (Å²) in [5.41, 5.74) is 1.99. The van der Waals surface area contributed by atoms with E-state index in [1.807, 2.05) is 53.9 Å². The molecule has 2 N–H and O–H groups in total. The van der Waals surface area contributed by atoms with Crippen LogP contribution in [0.25, 0.3) is 11.3 Å². The maximum atomic E-state index is 12.4. The molecule has 0 spiro atoms. The Bertz CT molecular complexity index is 876. The SMILES string of the molecule is O=C(C[C@@H]1CCNC[C@@H]1Cc1cc(-c2ccccc2)on1)NCc1cccs1. The molecule has 1 amide bonds. The van der Waals surface area contributed by atoms with Crippen LogP contribution in [0.3, 0.4) is 0 Å². The first-order chi connectivity index (χ1) is 13.8. The zero-order valence-corrected chi connectivity index (χ0v) is 16.6. The first kappa shape index (κ1) is 18.9. The van der Waals surface area contributed by atoms with Crippen LogP contribution in [0.5, 0.6) is 0 Å². The molecular formula is C22H25N3O2S. The number of rotatable bonds is 7. The molecule has 6 heteroatoms. The van der Waals surface area contributed by atoms with Crippen molar-refractivity contribution < 1.29 is 9.32 Å². The number of carbonyl (C=O) groups is 1. The van der Waals surface area contributed by atoms with Crippen LogP contribution in [0.1, 0.15) is 23.4 Å². The first-order valence-corrected chi connectivity index (χ1v) is 10.7. The molecule has 5 nitrogen and oxygen atoms in total. The number of thiophene rings is 1. The Morgan fingerprint density at radius 3 is 2.93 bits per heavy atom. The van der Waals surface area contributed by atoms with Gasteiger partial charge in [0.1, 0.15) is 0 Å². The molecular weight excluding hydrogens is 370 g/mol. The van der Waals surface area contributed by atoms with Crippen LogP contribution in [0, 0.1) is 11.8 Å². The lowest BCUT2D eigenvalue weighted by molar-refractivity contribution is -0.122. The second kappa shape index (κ2) is 9.17. The largest absolute Gasteiger partial charge is 0.356 e. The summed E-state index contributed by atoms with van der Waals surface area (Å²) in [5, 5.41) is 12.8. The Morgan fingerprint density at radius 1 is 1.21 bits per heavy atom. The summed E-state index contributed by atoms with van der Waals surface area (Å²) in [6, 6.07) is 16.1. The molecule has 146 valence electrons. The maximum absolute atomic E-state index is 12.4. The van der Waals surface area contributed by atoms with E-state index >= 15 is 0 Å². The highest BCUT2D eigenvalue weighted by Gasteiger charge is 2.28. The van der Waals surface area contributed by atoms with E-state index in [4.69, 9.17) is 4.52 Å². The molecule has 2 atom stereocenters. The molecule has 0 aliphatic carbocycles. The van der Waals surface area contributed by atoms with Gasteiger partial charge in [-0.2, -0.15) is 0 Å². The number of amides is 1. The van der Waals surface area contributed by atoms with E-state index in [0.717, 1.165) is 42.9 Å². The zero-order valence-electron chi connectivity index (χ0n) is 15.8. The van der Waals surface area contributed by atoms with E-state index in [2.05, 4.69) is 15.8 Å². The summed E-state index contributed by atoms with van der Waals surface area (Å²) in [6.07, 6.45) is 2.41. The highest BCUT2D eigenvalue weighted by atomic mass is 32.1. The van der Waals surface area contributed by atoms with Gasteiger partial charge >= 0.3 is 0 Å². The monoisotopic (exact) mass is 395 g/mol. The highest BCUT2D eigenvalue weighted by molar-refractivity contribution is 7.09. The van der Waals surface area contributed by atoms with E-state index in [-0.39, 0.29) is 5.91 Å². The van der Waals surface area contributed by atoms with Crippen molar-refractivity contribution in [1.82, 2.24) is 15.8 Å². The zero-order chi connectivity index (χ0) is 19.2. The molecule has 1 saturated heterocycles. The standard InChI is InChI=1S/C22H25N3O2S/c26-22(24-15-20-7-4-10-28-20)12-17-8-9-23-14-18(17)11-19-13-21(27-25-19)16-5-2-1-3-6-16/h1-7,10,13,17-18,23H,8-9,11-12,14-15H2,(H,24,26)/t17-,18-/m0/s1. The summed E-state index contributed by atoms with van der Waals surface area (Å²) in [5.74, 6) is 1.68. The summed E-state index contributed by atoms with van der Waals surface area (Å²) in [7, 11) is 0. The van der Waals surface area contributed by atoms with Crippen LogP contribution in [-0.2, 0) is 17.8 Å². The molecule has 28 heavy (non-hydrogen) atoms. The normalized spacial score (nSPS) is 19.4. The van der Waals surface area contributed by atoms with Crippen LogP contribution < -0.4 is 10.6 Å². The van der Waals surface area contributed by atoms with Gasteiger partial charge in [0.05, 0.1) is 12.2 Å². The van der Waals surface area contributed by atoms with Gasteiger partial charge in [0.2, 0.25) is 5.91 Å². The minimum Gasteiger partial charge on any atom is -0.356 e. The Hall–Kier alpha value is -2.44. The van der Waals surface area contributed by atoms with Crippen molar-refractivity contribution in [3.63, 3.8) is 0 Å². The van der Waals surface area contributed by atoms with Crippen molar-refractivity contribution in [3.05, 3.63) is 64.5 Å². The molecule has 3 aromatic rings. The summed E-state index contributed by atoms with van der Waals surface area (Å²) >= 11 is 1.67. The molecule has 0 unspecified atom stereocenters. The second-order valence-electron chi connectivity index (χ2n) is 7.33. The Morgan fingerprint density at radius 2 is 2.11 bits per heavy atom. The number of hydrogen-bond acceptors (Lipinski definition) is 5. The fraction of sp³-hybridized carbons (Fsp3) is 0.364. The fourth-order valence-electron chi connectivity index (χ4n) is 3.81. The number of piperidine rings is 1. The fourth-order valence-corrected chi connectivity index (χ4v) is 4.45. The molecule has 1 aliphatic rings. The van der Waals surface area contributed by atoms with Gasteiger partial charge in [-0.15, -0.1) is 11.3 Å². The average Bonchev–Trinajstić information content (AvgIpc) is 3.41. The summed E-state index contributed by atoms with van der Waals surface area (Å²) in [6.45, 7) is 2.50. The van der Waals surface area contributed by atoms with Crippen LogP contribution in [0.15, 0.2) is 58.4 Å². The minimum atomic E-state index is 0.135. The lowest BCUT2D eigenvalue weighted by Crippen LogP contribution is -2.40. The van der Waals surface area contributed by atoms with Crippen molar-refractivity contribution in [2.75, 3.05) is 13.1 Å². The van der Waals surface area contributed by atoms with Gasteiger partial charge in [-0.3, -0.25) is 4.79 Å². The van der Waals surface area contributed by atoms with Crippen molar-refractivity contribution >= 4 is 17.2 Å². The van der Waals surface area contributed by atoms with Gasteiger partial charge in [0, 0.05) is 22.9 Å². The van der Waals surface area contributed by atoms with Crippen LogP contribution >= 0.6 is 11.3 Å². The summed E-state index contributed by atoms with van der Waals surface area (Å²) in [4.78, 5) is 13.6. The third-order valence-electron chi connectivity index (χ3n) is 5.34. The topological polar surface area (TPSA) is 67.2 Å². The van der Waals surface area contributed by atoms with Crippen LogP contribution in [-0.4, -0.2) is 24.2 Å². The van der Waals surface area contributed by atoms with Gasteiger partial charge in [0.25, 0.3) is 0 Å². The van der Waals surface area contributed by atoms with E-state index < -0.39 is 0 Å². The Balaban J connectivity index is 1.34. The number of aromatic nitrogens is 1. The maximum Gasteiger partial charge on any atom is 0.220 e. The predicted molar refractivity (Wildman–Crippen MR) is 111 cm³/mol. The van der Waals surface area contributed by atoms with E-state index in [9.17, 15) is 4.79 Å². The molecule has 0 radical (unpaired) electrons.